The number of anilines is 1. The molecule has 0 aliphatic rings. The number of carbonyl (C=O) groups is 1. The molecule has 23 heavy (non-hydrogen) atoms. The molecule has 0 atom stereocenters. The maximum atomic E-state index is 11.6. The second-order valence-electron chi connectivity index (χ2n) is 4.83. The molecule has 7 nitrogen and oxygen atoms in total. The summed E-state index contributed by atoms with van der Waals surface area (Å²) in [6.45, 7) is 2.04. The Kier molecular flexibility index (Phi) is 4.03. The Morgan fingerprint density at radius 1 is 1.26 bits per heavy atom. The fraction of sp³-hybridized carbons (Fsp3) is 0.133. The molecule has 2 N–H and O–H groups in total. The van der Waals surface area contributed by atoms with Crippen molar-refractivity contribution in [3.8, 4) is 11.3 Å². The SMILES string of the molecule is Cc1cc(CNc2noc(-c3ccc(Cl)cc3)c2C(=O)O)no1. The van der Waals surface area contributed by atoms with E-state index in [-0.39, 0.29) is 23.7 Å². The van der Waals surface area contributed by atoms with Crippen molar-refractivity contribution in [1.29, 1.82) is 0 Å². The highest BCUT2D eigenvalue weighted by atomic mass is 35.5. The Bertz CT molecular complexity index is 839. The number of benzene rings is 1. The van der Waals surface area contributed by atoms with Gasteiger partial charge >= 0.3 is 5.97 Å². The molecule has 0 saturated carbocycles. The zero-order valence-corrected chi connectivity index (χ0v) is 12.8. The average molecular weight is 334 g/mol. The minimum atomic E-state index is -1.14. The van der Waals surface area contributed by atoms with E-state index in [9.17, 15) is 9.90 Å². The molecule has 2 aromatic heterocycles. The summed E-state index contributed by atoms with van der Waals surface area (Å²) in [7, 11) is 0. The van der Waals surface area contributed by atoms with Gasteiger partial charge in [-0.15, -0.1) is 0 Å². The molecule has 0 unspecified atom stereocenters. The standard InChI is InChI=1S/C15H12ClN3O4/c1-8-6-11(18-22-8)7-17-14-12(15(20)21)13(23-19-14)9-2-4-10(16)5-3-9/h2-6H,7H2,1H3,(H,17,19)(H,20,21). The minimum Gasteiger partial charge on any atom is -0.477 e. The molecule has 0 radical (unpaired) electrons. The normalized spacial score (nSPS) is 10.7. The molecule has 1 aromatic carbocycles. The number of aromatic carboxylic acids is 1. The van der Waals surface area contributed by atoms with E-state index in [4.69, 9.17) is 20.6 Å². The lowest BCUT2D eigenvalue weighted by atomic mass is 10.1. The average Bonchev–Trinajstić information content (AvgIpc) is 3.12. The van der Waals surface area contributed by atoms with E-state index in [0.29, 0.717) is 22.0 Å². The van der Waals surface area contributed by atoms with Gasteiger partial charge in [-0.3, -0.25) is 0 Å². The number of halogens is 1. The van der Waals surface area contributed by atoms with E-state index in [0.717, 1.165) is 0 Å². The Hall–Kier alpha value is -2.80. The van der Waals surface area contributed by atoms with Gasteiger partial charge < -0.3 is 19.5 Å². The van der Waals surface area contributed by atoms with Crippen LogP contribution in [0.2, 0.25) is 5.02 Å². The van der Waals surface area contributed by atoms with Gasteiger partial charge in [-0.1, -0.05) is 21.9 Å². The van der Waals surface area contributed by atoms with Gasteiger partial charge in [-0.2, -0.15) is 0 Å². The quantitative estimate of drug-likeness (QED) is 0.735. The first kappa shape index (κ1) is 15.1. The van der Waals surface area contributed by atoms with Crippen LogP contribution in [0.25, 0.3) is 11.3 Å². The van der Waals surface area contributed by atoms with Crippen LogP contribution in [-0.4, -0.2) is 21.4 Å². The predicted octanol–water partition coefficient (Wildman–Crippen LogP) is 3.60. The van der Waals surface area contributed by atoms with Crippen LogP contribution in [-0.2, 0) is 6.54 Å². The van der Waals surface area contributed by atoms with E-state index >= 15 is 0 Å². The monoisotopic (exact) mass is 333 g/mol. The molecule has 3 aromatic rings. The van der Waals surface area contributed by atoms with E-state index in [1.807, 2.05) is 0 Å². The van der Waals surface area contributed by atoms with Crippen LogP contribution in [0, 0.1) is 6.92 Å². The van der Waals surface area contributed by atoms with Gasteiger partial charge in [0.25, 0.3) is 0 Å². The predicted molar refractivity (Wildman–Crippen MR) is 82.5 cm³/mol. The summed E-state index contributed by atoms with van der Waals surface area (Å²) in [5.74, 6) is -0.187. The number of aryl methyl sites for hydroxylation is 1. The van der Waals surface area contributed by atoms with Crippen molar-refractivity contribution in [3.05, 3.63) is 52.4 Å². The van der Waals surface area contributed by atoms with Gasteiger partial charge in [-0.25, -0.2) is 4.79 Å². The Morgan fingerprint density at radius 2 is 2.00 bits per heavy atom. The number of carboxylic acid groups (broad SMARTS) is 1. The van der Waals surface area contributed by atoms with Crippen LogP contribution in [0.5, 0.6) is 0 Å². The van der Waals surface area contributed by atoms with E-state index < -0.39 is 5.97 Å². The Balaban J connectivity index is 1.89. The van der Waals surface area contributed by atoms with Gasteiger partial charge in [0.05, 0.1) is 6.54 Å². The zero-order valence-electron chi connectivity index (χ0n) is 12.0. The third-order valence-electron chi connectivity index (χ3n) is 3.13. The zero-order chi connectivity index (χ0) is 16.4. The van der Waals surface area contributed by atoms with Gasteiger partial charge in [0.1, 0.15) is 11.5 Å². The largest absolute Gasteiger partial charge is 0.477 e. The molecule has 118 valence electrons. The van der Waals surface area contributed by atoms with Crippen LogP contribution in [0.3, 0.4) is 0 Å². The molecule has 2 heterocycles. The van der Waals surface area contributed by atoms with Crippen LogP contribution in [0.4, 0.5) is 5.82 Å². The van der Waals surface area contributed by atoms with Crippen LogP contribution in [0.1, 0.15) is 21.8 Å². The van der Waals surface area contributed by atoms with Crippen molar-refractivity contribution in [2.75, 3.05) is 5.32 Å². The van der Waals surface area contributed by atoms with Crippen LogP contribution < -0.4 is 5.32 Å². The lowest BCUT2D eigenvalue weighted by Gasteiger charge is -2.01. The number of rotatable bonds is 5. The maximum Gasteiger partial charge on any atom is 0.343 e. The smallest absolute Gasteiger partial charge is 0.343 e. The lowest BCUT2D eigenvalue weighted by molar-refractivity contribution is 0.0698. The molecule has 8 heteroatoms. The third-order valence-corrected chi connectivity index (χ3v) is 3.38. The number of hydrogen-bond acceptors (Lipinski definition) is 6. The Labute approximate surface area is 135 Å². The van der Waals surface area contributed by atoms with Gasteiger partial charge in [-0.05, 0) is 31.2 Å². The summed E-state index contributed by atoms with van der Waals surface area (Å²) in [6, 6.07) is 8.38. The van der Waals surface area contributed by atoms with Crippen molar-refractivity contribution in [2.24, 2.45) is 0 Å². The lowest BCUT2D eigenvalue weighted by Crippen LogP contribution is -2.06. The molecule has 0 aliphatic carbocycles. The molecule has 0 spiro atoms. The van der Waals surface area contributed by atoms with Crippen molar-refractivity contribution < 1.29 is 18.9 Å². The molecule has 3 rings (SSSR count). The summed E-state index contributed by atoms with van der Waals surface area (Å²) >= 11 is 5.84. The first-order valence-electron chi connectivity index (χ1n) is 6.69. The van der Waals surface area contributed by atoms with Crippen LogP contribution >= 0.6 is 11.6 Å². The summed E-state index contributed by atoms with van der Waals surface area (Å²) < 4.78 is 10.2. The second kappa shape index (κ2) is 6.13. The molecule has 0 amide bonds. The van der Waals surface area contributed by atoms with Crippen molar-refractivity contribution >= 4 is 23.4 Å². The van der Waals surface area contributed by atoms with Gasteiger partial charge in [0, 0.05) is 16.7 Å². The fourth-order valence-electron chi connectivity index (χ4n) is 2.08. The number of nitrogens with zero attached hydrogens (tertiary/aromatic N) is 2. The van der Waals surface area contributed by atoms with Gasteiger partial charge in [0.15, 0.2) is 17.1 Å². The molecule has 0 bridgehead atoms. The minimum absolute atomic E-state index is 0.0486. The highest BCUT2D eigenvalue weighted by Gasteiger charge is 2.23. The van der Waals surface area contributed by atoms with Crippen molar-refractivity contribution in [2.45, 2.75) is 13.5 Å². The summed E-state index contributed by atoms with van der Waals surface area (Å²) in [4.78, 5) is 11.6. The molecule has 0 aliphatic heterocycles. The first-order valence-corrected chi connectivity index (χ1v) is 7.07. The number of hydrogen-bond donors (Lipinski definition) is 2. The van der Waals surface area contributed by atoms with Crippen molar-refractivity contribution in [3.63, 3.8) is 0 Å². The maximum absolute atomic E-state index is 11.6. The number of aromatic nitrogens is 2. The first-order chi connectivity index (χ1) is 11.0. The van der Waals surface area contributed by atoms with Crippen LogP contribution in [0.15, 0.2) is 39.4 Å². The van der Waals surface area contributed by atoms with E-state index in [1.54, 1.807) is 37.3 Å². The Morgan fingerprint density at radius 3 is 2.61 bits per heavy atom. The topological polar surface area (TPSA) is 101 Å². The van der Waals surface area contributed by atoms with E-state index in [1.165, 1.54) is 0 Å². The summed E-state index contributed by atoms with van der Waals surface area (Å²) in [6.07, 6.45) is 0. The fourth-order valence-corrected chi connectivity index (χ4v) is 2.21. The van der Waals surface area contributed by atoms with Crippen molar-refractivity contribution in [1.82, 2.24) is 10.3 Å². The number of carboxylic acids is 1. The molecular formula is C15H12ClN3O4. The highest BCUT2D eigenvalue weighted by Crippen LogP contribution is 2.30. The van der Waals surface area contributed by atoms with E-state index in [2.05, 4.69) is 15.6 Å². The molecule has 0 fully saturated rings. The molecule has 0 saturated heterocycles. The summed E-state index contributed by atoms with van der Waals surface area (Å²) in [5.41, 5.74) is 1.16. The number of nitrogens with one attached hydrogen (secondary N) is 1. The summed E-state index contributed by atoms with van der Waals surface area (Å²) in [5, 5.41) is 20.5. The highest BCUT2D eigenvalue weighted by molar-refractivity contribution is 6.30. The van der Waals surface area contributed by atoms with Gasteiger partial charge in [0.2, 0.25) is 0 Å². The second-order valence-corrected chi connectivity index (χ2v) is 5.27. The molecular weight excluding hydrogens is 322 g/mol. The third kappa shape index (κ3) is 3.19.